The molecule has 2 fully saturated rings. The van der Waals surface area contributed by atoms with E-state index in [0.717, 1.165) is 25.2 Å². The zero-order valence-corrected chi connectivity index (χ0v) is 12.9. The molecule has 5 nitrogen and oxygen atoms in total. The quantitative estimate of drug-likeness (QED) is 0.857. The van der Waals surface area contributed by atoms with Gasteiger partial charge < -0.3 is 15.1 Å². The SMILES string of the molecule is CN1CCN(C(=O)C2(C(=O)Nc3ccc(F)c(F)c3)CC2)CC1. The first kappa shape index (κ1) is 15.9. The third kappa shape index (κ3) is 3.06. The highest BCUT2D eigenvalue weighted by Crippen LogP contribution is 2.48. The van der Waals surface area contributed by atoms with Gasteiger partial charge in [0.25, 0.3) is 0 Å². The lowest BCUT2D eigenvalue weighted by molar-refractivity contribution is -0.143. The fourth-order valence-electron chi connectivity index (χ4n) is 2.80. The van der Waals surface area contributed by atoms with E-state index in [0.29, 0.717) is 25.9 Å². The standard InChI is InChI=1S/C16H19F2N3O2/c1-20-6-8-21(9-7-20)15(23)16(4-5-16)14(22)19-11-2-3-12(17)13(18)10-11/h2-3,10H,4-9H2,1H3,(H,19,22). The van der Waals surface area contributed by atoms with Crippen LogP contribution in [-0.4, -0.2) is 54.8 Å². The third-order valence-electron chi connectivity index (χ3n) is 4.56. The zero-order chi connectivity index (χ0) is 16.6. The predicted molar refractivity (Wildman–Crippen MR) is 80.7 cm³/mol. The molecule has 1 aromatic carbocycles. The van der Waals surface area contributed by atoms with Crippen LogP contribution in [0, 0.1) is 17.0 Å². The number of anilines is 1. The van der Waals surface area contributed by atoms with E-state index in [1.165, 1.54) is 6.07 Å². The highest BCUT2D eigenvalue weighted by atomic mass is 19.2. The maximum Gasteiger partial charge on any atom is 0.240 e. The smallest absolute Gasteiger partial charge is 0.240 e. The van der Waals surface area contributed by atoms with Crippen molar-refractivity contribution in [3.8, 4) is 0 Å². The van der Waals surface area contributed by atoms with Crippen molar-refractivity contribution < 1.29 is 18.4 Å². The van der Waals surface area contributed by atoms with Crippen LogP contribution in [0.3, 0.4) is 0 Å². The van der Waals surface area contributed by atoms with Gasteiger partial charge in [0.05, 0.1) is 0 Å². The van der Waals surface area contributed by atoms with Gasteiger partial charge in [-0.05, 0) is 32.0 Å². The molecule has 2 amide bonds. The highest BCUT2D eigenvalue weighted by Gasteiger charge is 2.58. The van der Waals surface area contributed by atoms with Crippen LogP contribution in [0.1, 0.15) is 12.8 Å². The Labute approximate surface area is 133 Å². The fraction of sp³-hybridized carbons (Fsp3) is 0.500. The predicted octanol–water partition coefficient (Wildman–Crippen LogP) is 1.46. The number of nitrogens with one attached hydrogen (secondary N) is 1. The van der Waals surface area contributed by atoms with Crippen LogP contribution in [0.25, 0.3) is 0 Å². The Morgan fingerprint density at radius 2 is 1.74 bits per heavy atom. The zero-order valence-electron chi connectivity index (χ0n) is 12.9. The number of carbonyl (C=O) groups is 2. The average Bonchev–Trinajstić information content (AvgIpc) is 3.33. The van der Waals surface area contributed by atoms with Crippen molar-refractivity contribution in [2.75, 3.05) is 38.5 Å². The Morgan fingerprint density at radius 3 is 2.30 bits per heavy atom. The minimum absolute atomic E-state index is 0.159. The fourth-order valence-corrected chi connectivity index (χ4v) is 2.80. The molecule has 0 aromatic heterocycles. The van der Waals surface area contributed by atoms with Crippen LogP contribution in [0.5, 0.6) is 0 Å². The second-order valence-corrected chi connectivity index (χ2v) is 6.26. The van der Waals surface area contributed by atoms with E-state index in [4.69, 9.17) is 0 Å². The summed E-state index contributed by atoms with van der Waals surface area (Å²) in [6.07, 6.45) is 0.987. The van der Waals surface area contributed by atoms with E-state index in [9.17, 15) is 18.4 Å². The van der Waals surface area contributed by atoms with Crippen LogP contribution in [0.4, 0.5) is 14.5 Å². The number of benzene rings is 1. The third-order valence-corrected chi connectivity index (χ3v) is 4.56. The van der Waals surface area contributed by atoms with E-state index in [1.807, 2.05) is 7.05 Å². The Morgan fingerprint density at radius 1 is 1.09 bits per heavy atom. The van der Waals surface area contributed by atoms with E-state index in [-0.39, 0.29) is 11.6 Å². The molecule has 1 saturated carbocycles. The van der Waals surface area contributed by atoms with Gasteiger partial charge in [-0.3, -0.25) is 9.59 Å². The second-order valence-electron chi connectivity index (χ2n) is 6.26. The summed E-state index contributed by atoms with van der Waals surface area (Å²) in [5.41, 5.74) is -0.882. The molecule has 1 heterocycles. The molecular weight excluding hydrogens is 304 g/mol. The molecular formula is C16H19F2N3O2. The van der Waals surface area contributed by atoms with Gasteiger partial charge in [-0.25, -0.2) is 8.78 Å². The summed E-state index contributed by atoms with van der Waals surface area (Å²) in [6, 6.07) is 3.16. The molecule has 1 N–H and O–H groups in total. The summed E-state index contributed by atoms with van der Waals surface area (Å²) in [5.74, 6) is -2.60. The van der Waals surface area contributed by atoms with Crippen molar-refractivity contribution >= 4 is 17.5 Å². The molecule has 1 aliphatic heterocycles. The summed E-state index contributed by atoms with van der Waals surface area (Å²) < 4.78 is 26.2. The van der Waals surface area contributed by atoms with E-state index >= 15 is 0 Å². The largest absolute Gasteiger partial charge is 0.339 e. The Balaban J connectivity index is 1.68. The number of nitrogens with zero attached hydrogens (tertiary/aromatic N) is 2. The molecule has 124 valence electrons. The van der Waals surface area contributed by atoms with E-state index in [2.05, 4.69) is 10.2 Å². The molecule has 0 bridgehead atoms. The molecule has 1 aliphatic carbocycles. The van der Waals surface area contributed by atoms with Crippen LogP contribution in [0.15, 0.2) is 18.2 Å². The Bertz CT molecular complexity index is 638. The topological polar surface area (TPSA) is 52.7 Å². The molecule has 23 heavy (non-hydrogen) atoms. The van der Waals surface area contributed by atoms with Gasteiger partial charge in [-0.1, -0.05) is 0 Å². The van der Waals surface area contributed by atoms with Crippen LogP contribution >= 0.6 is 0 Å². The molecule has 3 rings (SSSR count). The number of halogens is 2. The van der Waals surface area contributed by atoms with Gasteiger partial charge in [-0.2, -0.15) is 0 Å². The number of hydrogen-bond acceptors (Lipinski definition) is 3. The summed E-state index contributed by atoms with van der Waals surface area (Å²) in [5, 5.41) is 2.54. The maximum atomic E-state index is 13.2. The molecule has 0 atom stereocenters. The monoisotopic (exact) mass is 323 g/mol. The summed E-state index contributed by atoms with van der Waals surface area (Å²) in [6.45, 7) is 2.78. The normalized spacial score (nSPS) is 20.2. The molecule has 1 aromatic rings. The van der Waals surface area contributed by atoms with Gasteiger partial charge in [0.2, 0.25) is 11.8 Å². The summed E-state index contributed by atoms with van der Waals surface area (Å²) in [4.78, 5) is 29.0. The van der Waals surface area contributed by atoms with E-state index in [1.54, 1.807) is 4.90 Å². The molecule has 7 heteroatoms. The van der Waals surface area contributed by atoms with Crippen molar-refractivity contribution in [1.29, 1.82) is 0 Å². The summed E-state index contributed by atoms with van der Waals surface area (Å²) in [7, 11) is 1.99. The molecule has 0 unspecified atom stereocenters. The second kappa shape index (κ2) is 5.88. The number of likely N-dealkylation sites (N-methyl/N-ethyl adjacent to an activating group) is 1. The lowest BCUT2D eigenvalue weighted by atomic mass is 10.0. The van der Waals surface area contributed by atoms with Crippen molar-refractivity contribution in [1.82, 2.24) is 9.80 Å². The molecule has 0 radical (unpaired) electrons. The molecule has 0 spiro atoms. The van der Waals surface area contributed by atoms with Crippen molar-refractivity contribution in [3.05, 3.63) is 29.8 Å². The Kier molecular flexibility index (Phi) is 4.06. The number of piperazine rings is 1. The minimum Gasteiger partial charge on any atom is -0.339 e. The van der Waals surface area contributed by atoms with Crippen LogP contribution in [-0.2, 0) is 9.59 Å². The van der Waals surface area contributed by atoms with Crippen molar-refractivity contribution in [2.24, 2.45) is 5.41 Å². The average molecular weight is 323 g/mol. The van der Waals surface area contributed by atoms with Gasteiger partial charge in [0, 0.05) is 37.9 Å². The number of hydrogen-bond donors (Lipinski definition) is 1. The van der Waals surface area contributed by atoms with Crippen molar-refractivity contribution in [3.63, 3.8) is 0 Å². The van der Waals surface area contributed by atoms with Crippen LogP contribution < -0.4 is 5.32 Å². The maximum absolute atomic E-state index is 13.2. The lowest BCUT2D eigenvalue weighted by Crippen LogP contribution is -2.51. The highest BCUT2D eigenvalue weighted by molar-refractivity contribution is 6.13. The van der Waals surface area contributed by atoms with Crippen LogP contribution in [0.2, 0.25) is 0 Å². The Hall–Kier alpha value is -2.02. The number of rotatable bonds is 3. The van der Waals surface area contributed by atoms with Gasteiger partial charge >= 0.3 is 0 Å². The first-order valence-electron chi connectivity index (χ1n) is 7.67. The van der Waals surface area contributed by atoms with Gasteiger partial charge in [0.1, 0.15) is 5.41 Å². The first-order valence-corrected chi connectivity index (χ1v) is 7.67. The van der Waals surface area contributed by atoms with Gasteiger partial charge in [0.15, 0.2) is 11.6 Å². The first-order chi connectivity index (χ1) is 10.9. The minimum atomic E-state index is -1.04. The lowest BCUT2D eigenvalue weighted by Gasteiger charge is -2.34. The summed E-state index contributed by atoms with van der Waals surface area (Å²) >= 11 is 0. The van der Waals surface area contributed by atoms with Crippen molar-refractivity contribution in [2.45, 2.75) is 12.8 Å². The molecule has 2 aliphatic rings. The van der Waals surface area contributed by atoms with Gasteiger partial charge in [-0.15, -0.1) is 0 Å². The van der Waals surface area contributed by atoms with E-state index < -0.39 is 23.0 Å². The molecule has 1 saturated heterocycles. The number of carbonyl (C=O) groups excluding carboxylic acids is 2. The number of amides is 2.